The van der Waals surface area contributed by atoms with E-state index in [1.165, 1.54) is 11.3 Å². The van der Waals surface area contributed by atoms with Crippen LogP contribution in [0.2, 0.25) is 0 Å². The van der Waals surface area contributed by atoms with Gasteiger partial charge in [0.2, 0.25) is 0 Å². The Morgan fingerprint density at radius 2 is 1.80 bits per heavy atom. The molecule has 1 aliphatic heterocycles. The van der Waals surface area contributed by atoms with Crippen molar-refractivity contribution in [3.05, 3.63) is 98.9 Å². The molecule has 1 aliphatic rings. The van der Waals surface area contributed by atoms with E-state index in [4.69, 9.17) is 0 Å². The molecule has 4 rings (SSSR count). The summed E-state index contributed by atoms with van der Waals surface area (Å²) in [5, 5.41) is 12.6. The van der Waals surface area contributed by atoms with Gasteiger partial charge >= 0.3 is 0 Å². The number of aryl methyl sites for hydroxylation is 3. The Bertz CT molecular complexity index is 1120. The summed E-state index contributed by atoms with van der Waals surface area (Å²) in [6.45, 7) is 3.99. The highest BCUT2D eigenvalue weighted by molar-refractivity contribution is 7.10. The van der Waals surface area contributed by atoms with Crippen molar-refractivity contribution in [3.63, 3.8) is 0 Å². The molecule has 152 valence electrons. The fourth-order valence-electron chi connectivity index (χ4n) is 3.79. The van der Waals surface area contributed by atoms with Crippen LogP contribution in [0, 0.1) is 13.8 Å². The first-order valence-corrected chi connectivity index (χ1v) is 10.8. The molecule has 0 spiro atoms. The maximum absolute atomic E-state index is 13.2. The van der Waals surface area contributed by atoms with Crippen LogP contribution < -0.4 is 4.90 Å². The number of amides is 1. The summed E-state index contributed by atoms with van der Waals surface area (Å²) >= 11 is 1.47. The molecule has 1 amide bonds. The van der Waals surface area contributed by atoms with Gasteiger partial charge in [-0.1, -0.05) is 42.5 Å². The number of hydrogen-bond donors (Lipinski definition) is 1. The smallest absolute Gasteiger partial charge is 0.294 e. The van der Waals surface area contributed by atoms with Crippen molar-refractivity contribution in [1.82, 2.24) is 0 Å². The number of Topliss-reactive ketones (excluding diaryl/α,β-unsaturated/α-hetero) is 1. The number of nitrogens with zero attached hydrogens (tertiary/aromatic N) is 1. The molecular formula is C25H23NO3S. The summed E-state index contributed by atoms with van der Waals surface area (Å²) in [5.74, 6) is -1.17. The number of anilines is 1. The van der Waals surface area contributed by atoms with E-state index in [0.29, 0.717) is 12.1 Å². The topological polar surface area (TPSA) is 57.6 Å². The molecule has 0 radical (unpaired) electrons. The number of hydrogen-bond acceptors (Lipinski definition) is 4. The van der Waals surface area contributed by atoms with E-state index in [9.17, 15) is 14.7 Å². The van der Waals surface area contributed by atoms with Crippen LogP contribution in [0.1, 0.15) is 34.0 Å². The van der Waals surface area contributed by atoms with Crippen molar-refractivity contribution in [3.8, 4) is 0 Å². The maximum Gasteiger partial charge on any atom is 0.294 e. The van der Waals surface area contributed by atoms with E-state index in [1.807, 2.05) is 79.9 Å². The molecule has 0 fully saturated rings. The molecule has 0 aliphatic carbocycles. The number of thiophene rings is 1. The molecule has 0 saturated carbocycles. The summed E-state index contributed by atoms with van der Waals surface area (Å²) < 4.78 is 0. The van der Waals surface area contributed by atoms with E-state index in [0.717, 1.165) is 21.6 Å². The highest BCUT2D eigenvalue weighted by atomic mass is 32.1. The Morgan fingerprint density at radius 3 is 2.47 bits per heavy atom. The van der Waals surface area contributed by atoms with Gasteiger partial charge in [-0.05, 0) is 60.5 Å². The largest absolute Gasteiger partial charge is 0.503 e. The van der Waals surface area contributed by atoms with Gasteiger partial charge in [-0.15, -0.1) is 11.3 Å². The summed E-state index contributed by atoms with van der Waals surface area (Å²) in [6.07, 6.45) is 0.796. The second-order valence-corrected chi connectivity index (χ2v) is 8.51. The Kier molecular flexibility index (Phi) is 5.55. The number of carbonyl (C=O) groups is 2. The number of aliphatic hydroxyl groups excluding tert-OH is 1. The SMILES string of the molecule is Cc1ccc(N2C(=O)C(O)=C(C(=O)CCc3ccccc3)C2c2cccs2)cc1C. The lowest BCUT2D eigenvalue weighted by molar-refractivity contribution is -0.118. The Labute approximate surface area is 180 Å². The lowest BCUT2D eigenvalue weighted by Gasteiger charge is -2.26. The summed E-state index contributed by atoms with van der Waals surface area (Å²) in [7, 11) is 0. The van der Waals surface area contributed by atoms with E-state index in [2.05, 4.69) is 0 Å². The molecule has 2 heterocycles. The van der Waals surface area contributed by atoms with Gasteiger partial charge < -0.3 is 5.11 Å². The molecule has 5 heteroatoms. The zero-order valence-corrected chi connectivity index (χ0v) is 17.8. The standard InChI is InChI=1S/C25H23NO3S/c1-16-10-12-19(15-17(16)2)26-23(21-9-6-14-30-21)22(24(28)25(26)29)20(27)13-11-18-7-4-3-5-8-18/h3-10,12,14-15,23,28H,11,13H2,1-2H3. The number of rotatable bonds is 6. The van der Waals surface area contributed by atoms with Crippen LogP contribution in [0.15, 0.2) is 77.4 Å². The molecular weight excluding hydrogens is 394 g/mol. The zero-order valence-electron chi connectivity index (χ0n) is 17.0. The van der Waals surface area contributed by atoms with Crippen molar-refractivity contribution in [2.45, 2.75) is 32.7 Å². The van der Waals surface area contributed by atoms with Gasteiger partial charge in [0, 0.05) is 17.0 Å². The van der Waals surface area contributed by atoms with Crippen molar-refractivity contribution in [2.75, 3.05) is 4.90 Å². The molecule has 1 aromatic heterocycles. The third kappa shape index (κ3) is 3.68. The molecule has 0 saturated heterocycles. The van der Waals surface area contributed by atoms with Gasteiger partial charge in [0.15, 0.2) is 11.5 Å². The van der Waals surface area contributed by atoms with E-state index >= 15 is 0 Å². The van der Waals surface area contributed by atoms with Gasteiger partial charge in [0.05, 0.1) is 5.57 Å². The molecule has 4 nitrogen and oxygen atoms in total. The summed E-state index contributed by atoms with van der Waals surface area (Å²) in [4.78, 5) is 28.7. The van der Waals surface area contributed by atoms with E-state index < -0.39 is 17.7 Å². The monoisotopic (exact) mass is 417 g/mol. The fourth-order valence-corrected chi connectivity index (χ4v) is 4.61. The predicted octanol–water partition coefficient (Wildman–Crippen LogP) is 5.47. The molecule has 0 bridgehead atoms. The number of carbonyl (C=O) groups excluding carboxylic acids is 2. The number of aliphatic hydroxyl groups is 1. The average Bonchev–Trinajstić information content (AvgIpc) is 3.36. The van der Waals surface area contributed by atoms with Crippen molar-refractivity contribution in [2.24, 2.45) is 0 Å². The average molecular weight is 418 g/mol. The van der Waals surface area contributed by atoms with Crippen molar-refractivity contribution >= 4 is 28.7 Å². The second-order valence-electron chi connectivity index (χ2n) is 7.53. The molecule has 30 heavy (non-hydrogen) atoms. The highest BCUT2D eigenvalue weighted by Crippen LogP contribution is 2.43. The van der Waals surface area contributed by atoms with Crippen LogP contribution in [0.5, 0.6) is 0 Å². The third-order valence-corrected chi connectivity index (χ3v) is 6.50. The minimum absolute atomic E-state index is 0.191. The van der Waals surface area contributed by atoms with Crippen LogP contribution in [0.25, 0.3) is 0 Å². The van der Waals surface area contributed by atoms with Crippen LogP contribution in [0.3, 0.4) is 0 Å². The first-order chi connectivity index (χ1) is 14.5. The van der Waals surface area contributed by atoms with Gasteiger partial charge in [0.25, 0.3) is 5.91 Å². The maximum atomic E-state index is 13.2. The molecule has 1 unspecified atom stereocenters. The second kappa shape index (κ2) is 8.28. The lowest BCUT2D eigenvalue weighted by atomic mass is 9.96. The van der Waals surface area contributed by atoms with Gasteiger partial charge in [-0.3, -0.25) is 14.5 Å². The predicted molar refractivity (Wildman–Crippen MR) is 120 cm³/mol. The number of benzene rings is 2. The first kappa shape index (κ1) is 20.1. The summed E-state index contributed by atoms with van der Waals surface area (Å²) in [6, 6.07) is 18.7. The Balaban J connectivity index is 1.70. The van der Waals surface area contributed by atoms with Gasteiger partial charge in [-0.25, -0.2) is 0 Å². The fraction of sp³-hybridized carbons (Fsp3) is 0.200. The van der Waals surface area contributed by atoms with Crippen molar-refractivity contribution < 1.29 is 14.7 Å². The van der Waals surface area contributed by atoms with Crippen LogP contribution in [-0.4, -0.2) is 16.8 Å². The lowest BCUT2D eigenvalue weighted by Crippen LogP contribution is -2.30. The molecule has 2 aromatic carbocycles. The molecule has 1 atom stereocenters. The van der Waals surface area contributed by atoms with Gasteiger partial charge in [-0.2, -0.15) is 0 Å². The highest BCUT2D eigenvalue weighted by Gasteiger charge is 2.44. The quantitative estimate of drug-likeness (QED) is 0.579. The normalized spacial score (nSPS) is 16.4. The minimum atomic E-state index is -0.608. The summed E-state index contributed by atoms with van der Waals surface area (Å²) in [5.41, 5.74) is 4.09. The third-order valence-electron chi connectivity index (χ3n) is 5.57. The van der Waals surface area contributed by atoms with Gasteiger partial charge in [0.1, 0.15) is 6.04 Å². The van der Waals surface area contributed by atoms with Crippen LogP contribution >= 0.6 is 11.3 Å². The zero-order chi connectivity index (χ0) is 21.3. The minimum Gasteiger partial charge on any atom is -0.503 e. The number of ketones is 1. The van der Waals surface area contributed by atoms with Crippen LogP contribution in [-0.2, 0) is 16.0 Å². The molecule has 3 aromatic rings. The molecule has 1 N–H and O–H groups in total. The Morgan fingerprint density at radius 1 is 1.03 bits per heavy atom. The van der Waals surface area contributed by atoms with Crippen LogP contribution in [0.4, 0.5) is 5.69 Å². The van der Waals surface area contributed by atoms with Crippen molar-refractivity contribution in [1.29, 1.82) is 0 Å². The Hall–Kier alpha value is -3.18. The van der Waals surface area contributed by atoms with E-state index in [-0.39, 0.29) is 17.8 Å². The first-order valence-electron chi connectivity index (χ1n) is 9.92. The van der Waals surface area contributed by atoms with E-state index in [1.54, 1.807) is 4.90 Å².